The molecule has 2 rings (SSSR count). The monoisotopic (exact) mass is 205 g/mol. The Morgan fingerprint density at radius 1 is 1.53 bits per heavy atom. The number of nitrogens with zero attached hydrogens (tertiary/aromatic N) is 5. The van der Waals surface area contributed by atoms with Gasteiger partial charge in [-0.05, 0) is 6.92 Å². The van der Waals surface area contributed by atoms with Crippen molar-refractivity contribution in [1.29, 1.82) is 0 Å². The zero-order valence-electron chi connectivity index (χ0n) is 8.25. The summed E-state index contributed by atoms with van der Waals surface area (Å²) in [5, 5.41) is 7.07. The fraction of sp³-hybridized carbons (Fsp3) is 0.250. The van der Waals surface area contributed by atoms with Gasteiger partial charge in [-0.1, -0.05) is 0 Å². The van der Waals surface area contributed by atoms with Gasteiger partial charge >= 0.3 is 0 Å². The molecule has 0 spiro atoms. The van der Waals surface area contributed by atoms with Gasteiger partial charge in [-0.2, -0.15) is 9.67 Å². The molecule has 0 bridgehead atoms. The summed E-state index contributed by atoms with van der Waals surface area (Å²) in [4.78, 5) is 11.9. The van der Waals surface area contributed by atoms with Gasteiger partial charge in [0.15, 0.2) is 5.82 Å². The van der Waals surface area contributed by atoms with Crippen molar-refractivity contribution in [3.05, 3.63) is 18.6 Å². The molecule has 2 heterocycles. The van der Waals surface area contributed by atoms with Crippen LogP contribution < -0.4 is 11.1 Å². The Labute approximate surface area is 86.4 Å². The molecule has 7 nitrogen and oxygen atoms in total. The standard InChI is InChI=1S/C8H11N7/c1-2-11-8-13-7(9)14-15(8)6-3-4-10-5-12-6/h3-5H,2H2,1H3,(H3,9,11,13,14). The molecule has 0 radical (unpaired) electrons. The lowest BCUT2D eigenvalue weighted by atomic mass is 10.6. The van der Waals surface area contributed by atoms with E-state index in [0.717, 1.165) is 6.54 Å². The predicted octanol–water partition coefficient (Wildman–Crippen LogP) is 0.0713. The fourth-order valence-electron chi connectivity index (χ4n) is 1.17. The van der Waals surface area contributed by atoms with Crippen molar-refractivity contribution in [3.63, 3.8) is 0 Å². The van der Waals surface area contributed by atoms with Crippen molar-refractivity contribution in [1.82, 2.24) is 24.7 Å². The van der Waals surface area contributed by atoms with Crippen LogP contribution in [0.25, 0.3) is 5.82 Å². The van der Waals surface area contributed by atoms with E-state index in [9.17, 15) is 0 Å². The highest BCUT2D eigenvalue weighted by atomic mass is 15.4. The van der Waals surface area contributed by atoms with Gasteiger partial charge in [0.1, 0.15) is 6.33 Å². The zero-order chi connectivity index (χ0) is 10.7. The lowest BCUT2D eigenvalue weighted by molar-refractivity contribution is 0.841. The molecule has 0 saturated heterocycles. The molecule has 7 heteroatoms. The lowest BCUT2D eigenvalue weighted by Crippen LogP contribution is -2.07. The number of anilines is 2. The Morgan fingerprint density at radius 3 is 3.07 bits per heavy atom. The molecule has 78 valence electrons. The Hall–Kier alpha value is -2.18. The van der Waals surface area contributed by atoms with Gasteiger partial charge in [0, 0.05) is 18.8 Å². The second-order valence-electron chi connectivity index (χ2n) is 2.80. The molecule has 0 aliphatic carbocycles. The van der Waals surface area contributed by atoms with E-state index in [1.807, 2.05) is 6.92 Å². The summed E-state index contributed by atoms with van der Waals surface area (Å²) in [6.07, 6.45) is 3.08. The van der Waals surface area contributed by atoms with Crippen LogP contribution in [0.3, 0.4) is 0 Å². The summed E-state index contributed by atoms with van der Waals surface area (Å²) < 4.78 is 1.54. The minimum Gasteiger partial charge on any atom is -0.366 e. The molecule has 3 N–H and O–H groups in total. The Balaban J connectivity index is 2.43. The van der Waals surface area contributed by atoms with Crippen molar-refractivity contribution in [2.75, 3.05) is 17.6 Å². The van der Waals surface area contributed by atoms with Crippen LogP contribution in [-0.2, 0) is 0 Å². The first-order valence-corrected chi connectivity index (χ1v) is 4.54. The highest BCUT2D eigenvalue weighted by Gasteiger charge is 2.08. The normalized spacial score (nSPS) is 10.2. The van der Waals surface area contributed by atoms with Crippen molar-refractivity contribution in [2.45, 2.75) is 6.92 Å². The molecule has 0 aliphatic rings. The number of hydrogen-bond donors (Lipinski definition) is 2. The fourth-order valence-corrected chi connectivity index (χ4v) is 1.17. The van der Waals surface area contributed by atoms with Gasteiger partial charge in [-0.3, -0.25) is 0 Å². The smallest absolute Gasteiger partial charge is 0.241 e. The van der Waals surface area contributed by atoms with Gasteiger partial charge in [0.2, 0.25) is 11.9 Å². The Morgan fingerprint density at radius 2 is 2.40 bits per heavy atom. The van der Waals surface area contributed by atoms with E-state index in [1.54, 1.807) is 16.9 Å². The van der Waals surface area contributed by atoms with Crippen LogP contribution in [0, 0.1) is 0 Å². The average Bonchev–Trinajstić information content (AvgIpc) is 2.62. The first kappa shape index (κ1) is 9.38. The molecule has 0 amide bonds. The minimum absolute atomic E-state index is 0.213. The van der Waals surface area contributed by atoms with Gasteiger partial charge in [0.05, 0.1) is 0 Å². The molecular formula is C8H11N7. The second kappa shape index (κ2) is 3.91. The molecule has 0 atom stereocenters. The number of nitrogens with two attached hydrogens (primary N) is 1. The zero-order valence-corrected chi connectivity index (χ0v) is 8.25. The van der Waals surface area contributed by atoms with Crippen LogP contribution in [-0.4, -0.2) is 31.3 Å². The van der Waals surface area contributed by atoms with E-state index in [4.69, 9.17) is 5.73 Å². The largest absolute Gasteiger partial charge is 0.366 e. The number of nitrogens with one attached hydrogen (secondary N) is 1. The first-order chi connectivity index (χ1) is 7.31. The van der Waals surface area contributed by atoms with Crippen LogP contribution in [0.15, 0.2) is 18.6 Å². The molecule has 2 aromatic heterocycles. The van der Waals surface area contributed by atoms with Gasteiger partial charge in [-0.15, -0.1) is 5.10 Å². The lowest BCUT2D eigenvalue weighted by Gasteiger charge is -2.03. The molecule has 0 aliphatic heterocycles. The highest BCUT2D eigenvalue weighted by molar-refractivity contribution is 5.38. The SMILES string of the molecule is CCNc1nc(N)nn1-c1ccncn1. The Bertz CT molecular complexity index is 436. The molecule has 0 saturated carbocycles. The second-order valence-corrected chi connectivity index (χ2v) is 2.80. The van der Waals surface area contributed by atoms with E-state index in [2.05, 4.69) is 25.4 Å². The number of hydrogen-bond acceptors (Lipinski definition) is 6. The van der Waals surface area contributed by atoms with Crippen LogP contribution in [0.2, 0.25) is 0 Å². The average molecular weight is 205 g/mol. The van der Waals surface area contributed by atoms with Crippen molar-refractivity contribution < 1.29 is 0 Å². The van der Waals surface area contributed by atoms with Gasteiger partial charge in [-0.25, -0.2) is 9.97 Å². The Kier molecular flexibility index (Phi) is 2.44. The van der Waals surface area contributed by atoms with E-state index in [1.165, 1.54) is 6.33 Å². The summed E-state index contributed by atoms with van der Waals surface area (Å²) in [5.74, 6) is 1.42. The maximum Gasteiger partial charge on any atom is 0.241 e. The summed E-state index contributed by atoms with van der Waals surface area (Å²) in [6, 6.07) is 1.73. The van der Waals surface area contributed by atoms with E-state index < -0.39 is 0 Å². The highest BCUT2D eigenvalue weighted by Crippen LogP contribution is 2.11. The summed E-state index contributed by atoms with van der Waals surface area (Å²) in [7, 11) is 0. The van der Waals surface area contributed by atoms with Crippen molar-refractivity contribution in [2.24, 2.45) is 0 Å². The van der Waals surface area contributed by atoms with E-state index in [0.29, 0.717) is 11.8 Å². The maximum absolute atomic E-state index is 5.52. The van der Waals surface area contributed by atoms with Crippen LogP contribution in [0.5, 0.6) is 0 Å². The van der Waals surface area contributed by atoms with E-state index in [-0.39, 0.29) is 5.95 Å². The molecule has 0 unspecified atom stereocenters. The molecule has 2 aromatic rings. The number of nitrogen functional groups attached to an aromatic ring is 1. The molecule has 15 heavy (non-hydrogen) atoms. The number of aromatic nitrogens is 5. The first-order valence-electron chi connectivity index (χ1n) is 4.54. The van der Waals surface area contributed by atoms with Crippen molar-refractivity contribution in [3.8, 4) is 5.82 Å². The molecular weight excluding hydrogens is 194 g/mol. The van der Waals surface area contributed by atoms with Gasteiger partial charge in [0.25, 0.3) is 0 Å². The maximum atomic E-state index is 5.52. The van der Waals surface area contributed by atoms with E-state index >= 15 is 0 Å². The van der Waals surface area contributed by atoms with Crippen LogP contribution >= 0.6 is 0 Å². The third kappa shape index (κ3) is 1.85. The summed E-state index contributed by atoms with van der Waals surface area (Å²) >= 11 is 0. The summed E-state index contributed by atoms with van der Waals surface area (Å²) in [6.45, 7) is 2.71. The predicted molar refractivity (Wildman–Crippen MR) is 55.5 cm³/mol. The van der Waals surface area contributed by atoms with Crippen LogP contribution in [0.4, 0.5) is 11.9 Å². The molecule has 0 aromatic carbocycles. The summed E-state index contributed by atoms with van der Waals surface area (Å²) in [5.41, 5.74) is 5.52. The third-order valence-corrected chi connectivity index (χ3v) is 1.74. The quantitative estimate of drug-likeness (QED) is 0.736. The van der Waals surface area contributed by atoms with Crippen LogP contribution in [0.1, 0.15) is 6.92 Å². The topological polar surface area (TPSA) is 94.5 Å². The van der Waals surface area contributed by atoms with Gasteiger partial charge < -0.3 is 11.1 Å². The third-order valence-electron chi connectivity index (χ3n) is 1.74. The minimum atomic E-state index is 0.213. The van der Waals surface area contributed by atoms with Crippen molar-refractivity contribution >= 4 is 11.9 Å². The number of rotatable bonds is 3. The molecule has 0 fully saturated rings.